The van der Waals surface area contributed by atoms with Crippen molar-refractivity contribution in [2.45, 2.75) is 19.9 Å². The zero-order chi connectivity index (χ0) is 18.1. The number of halogens is 1. The number of benzene rings is 1. The molecule has 25 heavy (non-hydrogen) atoms. The molecule has 3 aromatic rings. The zero-order valence-corrected chi connectivity index (χ0v) is 15.6. The fourth-order valence-corrected chi connectivity index (χ4v) is 2.77. The van der Waals surface area contributed by atoms with Gasteiger partial charge in [-0.1, -0.05) is 0 Å². The Balaban J connectivity index is 2.28. The smallest absolute Gasteiger partial charge is 0.335 e. The number of pyridine rings is 1. The van der Waals surface area contributed by atoms with E-state index in [1.54, 1.807) is 24.5 Å². The Bertz CT molecular complexity index is 959. The Morgan fingerprint density at radius 1 is 1.16 bits per heavy atom. The summed E-state index contributed by atoms with van der Waals surface area (Å²) in [5, 5.41) is 9.20. The Morgan fingerprint density at radius 3 is 2.56 bits per heavy atom. The third kappa shape index (κ3) is 3.46. The standard InChI is InChI=1S/C18H17BrN4O2/c1-10(2)23(3)17-16(12-6-13(19)9-20-8-12)21-14-5-4-11(18(24)25)7-15(14)22-17/h4-10H,1-3H3,(H,24,25). The molecule has 1 aromatic carbocycles. The molecule has 0 aliphatic heterocycles. The molecule has 7 heteroatoms. The molecular weight excluding hydrogens is 384 g/mol. The number of rotatable bonds is 4. The van der Waals surface area contributed by atoms with Crippen LogP contribution < -0.4 is 4.90 Å². The number of nitrogens with zero attached hydrogens (tertiary/aromatic N) is 4. The molecule has 0 spiro atoms. The molecule has 0 saturated carbocycles. The van der Waals surface area contributed by atoms with Crippen LogP contribution in [0.2, 0.25) is 0 Å². The maximum absolute atomic E-state index is 11.2. The van der Waals surface area contributed by atoms with Gasteiger partial charge >= 0.3 is 5.97 Å². The van der Waals surface area contributed by atoms with Crippen LogP contribution in [0.25, 0.3) is 22.3 Å². The highest BCUT2D eigenvalue weighted by Gasteiger charge is 2.18. The van der Waals surface area contributed by atoms with E-state index >= 15 is 0 Å². The Labute approximate surface area is 153 Å². The van der Waals surface area contributed by atoms with Gasteiger partial charge in [-0.05, 0) is 54.0 Å². The van der Waals surface area contributed by atoms with Gasteiger partial charge in [-0.15, -0.1) is 0 Å². The number of carboxylic acids is 1. The number of anilines is 1. The van der Waals surface area contributed by atoms with E-state index < -0.39 is 5.97 Å². The van der Waals surface area contributed by atoms with Crippen molar-refractivity contribution in [3.63, 3.8) is 0 Å². The maximum Gasteiger partial charge on any atom is 0.335 e. The number of aromatic carboxylic acids is 1. The highest BCUT2D eigenvalue weighted by Crippen LogP contribution is 2.31. The largest absolute Gasteiger partial charge is 0.478 e. The number of aromatic nitrogens is 3. The lowest BCUT2D eigenvalue weighted by Gasteiger charge is -2.25. The molecule has 0 amide bonds. The monoisotopic (exact) mass is 400 g/mol. The molecule has 2 aromatic heterocycles. The van der Waals surface area contributed by atoms with E-state index in [4.69, 9.17) is 9.97 Å². The lowest BCUT2D eigenvalue weighted by Crippen LogP contribution is -2.27. The third-order valence-corrected chi connectivity index (χ3v) is 4.41. The molecule has 2 heterocycles. The summed E-state index contributed by atoms with van der Waals surface area (Å²) in [6.07, 6.45) is 3.45. The fraction of sp³-hybridized carbons (Fsp3) is 0.222. The van der Waals surface area contributed by atoms with E-state index in [9.17, 15) is 9.90 Å². The summed E-state index contributed by atoms with van der Waals surface area (Å²) in [7, 11) is 1.94. The van der Waals surface area contributed by atoms with Crippen molar-refractivity contribution in [2.75, 3.05) is 11.9 Å². The summed E-state index contributed by atoms with van der Waals surface area (Å²) in [5.41, 5.74) is 2.93. The average molecular weight is 401 g/mol. The molecule has 0 saturated heterocycles. The summed E-state index contributed by atoms with van der Waals surface area (Å²) >= 11 is 3.44. The molecule has 128 valence electrons. The van der Waals surface area contributed by atoms with Crippen molar-refractivity contribution in [1.29, 1.82) is 0 Å². The second-order valence-corrected chi connectivity index (χ2v) is 6.92. The molecule has 3 rings (SSSR count). The number of fused-ring (bicyclic) bond motifs is 1. The van der Waals surface area contributed by atoms with Gasteiger partial charge in [0.1, 0.15) is 5.69 Å². The molecule has 0 radical (unpaired) electrons. The number of hydrogen-bond acceptors (Lipinski definition) is 5. The van der Waals surface area contributed by atoms with Crippen LogP contribution in [0, 0.1) is 0 Å². The van der Waals surface area contributed by atoms with Crippen molar-refractivity contribution in [1.82, 2.24) is 15.0 Å². The molecule has 0 unspecified atom stereocenters. The zero-order valence-electron chi connectivity index (χ0n) is 14.1. The third-order valence-electron chi connectivity index (χ3n) is 3.98. The van der Waals surface area contributed by atoms with Gasteiger partial charge in [-0.2, -0.15) is 0 Å². The summed E-state index contributed by atoms with van der Waals surface area (Å²) in [5.74, 6) is -0.298. The summed E-state index contributed by atoms with van der Waals surface area (Å²) in [6.45, 7) is 4.12. The Hall–Kier alpha value is -2.54. The Morgan fingerprint density at radius 2 is 1.92 bits per heavy atom. The molecule has 0 atom stereocenters. The van der Waals surface area contributed by atoms with Gasteiger partial charge in [-0.3, -0.25) is 4.98 Å². The van der Waals surface area contributed by atoms with Crippen LogP contribution in [0.5, 0.6) is 0 Å². The van der Waals surface area contributed by atoms with Gasteiger partial charge in [-0.25, -0.2) is 14.8 Å². The second kappa shape index (κ2) is 6.76. The van der Waals surface area contributed by atoms with E-state index in [1.165, 1.54) is 6.07 Å². The lowest BCUT2D eigenvalue weighted by molar-refractivity contribution is 0.0697. The highest BCUT2D eigenvalue weighted by atomic mass is 79.9. The van der Waals surface area contributed by atoms with Gasteiger partial charge in [0.05, 0.1) is 16.6 Å². The van der Waals surface area contributed by atoms with Crippen molar-refractivity contribution in [3.8, 4) is 11.3 Å². The van der Waals surface area contributed by atoms with Gasteiger partial charge in [0.15, 0.2) is 5.82 Å². The molecule has 0 aliphatic rings. The topological polar surface area (TPSA) is 79.2 Å². The van der Waals surface area contributed by atoms with Crippen LogP contribution in [0.4, 0.5) is 5.82 Å². The van der Waals surface area contributed by atoms with E-state index in [2.05, 4.69) is 34.8 Å². The quantitative estimate of drug-likeness (QED) is 0.712. The van der Waals surface area contributed by atoms with E-state index in [-0.39, 0.29) is 11.6 Å². The SMILES string of the molecule is CC(C)N(C)c1nc2cc(C(=O)O)ccc2nc1-c1cncc(Br)c1. The molecule has 0 fully saturated rings. The minimum absolute atomic E-state index is 0.192. The van der Waals surface area contributed by atoms with Crippen LogP contribution in [0.1, 0.15) is 24.2 Å². The van der Waals surface area contributed by atoms with Crippen molar-refractivity contribution in [2.24, 2.45) is 0 Å². The lowest BCUT2D eigenvalue weighted by atomic mass is 10.1. The highest BCUT2D eigenvalue weighted by molar-refractivity contribution is 9.10. The van der Waals surface area contributed by atoms with Gasteiger partial charge in [0, 0.05) is 35.5 Å². The molecular formula is C18H17BrN4O2. The van der Waals surface area contributed by atoms with Gasteiger partial charge in [0.2, 0.25) is 0 Å². The van der Waals surface area contributed by atoms with E-state index in [0.717, 1.165) is 10.0 Å². The molecule has 0 bridgehead atoms. The summed E-state index contributed by atoms with van der Waals surface area (Å²) in [6, 6.07) is 6.90. The van der Waals surface area contributed by atoms with Crippen molar-refractivity contribution >= 4 is 38.8 Å². The molecule has 0 aliphatic carbocycles. The molecule has 6 nitrogen and oxygen atoms in total. The van der Waals surface area contributed by atoms with Gasteiger partial charge in [0.25, 0.3) is 0 Å². The Kier molecular flexibility index (Phi) is 4.67. The first-order valence-corrected chi connectivity index (χ1v) is 8.55. The minimum Gasteiger partial charge on any atom is -0.478 e. The van der Waals surface area contributed by atoms with Crippen LogP contribution in [0.15, 0.2) is 41.1 Å². The van der Waals surface area contributed by atoms with E-state index in [1.807, 2.05) is 18.0 Å². The predicted octanol–water partition coefficient (Wildman–Crippen LogP) is 4.00. The first-order chi connectivity index (χ1) is 11.9. The van der Waals surface area contributed by atoms with Crippen LogP contribution in [0.3, 0.4) is 0 Å². The molecule has 1 N–H and O–H groups in total. The fourth-order valence-electron chi connectivity index (χ4n) is 2.40. The van der Waals surface area contributed by atoms with Crippen molar-refractivity contribution in [3.05, 3.63) is 46.7 Å². The normalized spacial score (nSPS) is 11.1. The van der Waals surface area contributed by atoms with Gasteiger partial charge < -0.3 is 10.0 Å². The maximum atomic E-state index is 11.2. The first-order valence-electron chi connectivity index (χ1n) is 7.75. The van der Waals surface area contributed by atoms with Crippen LogP contribution >= 0.6 is 15.9 Å². The van der Waals surface area contributed by atoms with Crippen LogP contribution in [-0.4, -0.2) is 39.1 Å². The van der Waals surface area contributed by atoms with Crippen molar-refractivity contribution < 1.29 is 9.90 Å². The summed E-state index contributed by atoms with van der Waals surface area (Å²) in [4.78, 5) is 26.9. The predicted molar refractivity (Wildman–Crippen MR) is 101 cm³/mol. The average Bonchev–Trinajstić information content (AvgIpc) is 2.59. The number of carbonyl (C=O) groups is 1. The van der Waals surface area contributed by atoms with E-state index in [0.29, 0.717) is 22.5 Å². The van der Waals surface area contributed by atoms with Crippen LogP contribution in [-0.2, 0) is 0 Å². The first kappa shape index (κ1) is 17.3. The number of carboxylic acid groups (broad SMARTS) is 1. The number of hydrogen-bond donors (Lipinski definition) is 1. The minimum atomic E-state index is -0.984. The summed E-state index contributed by atoms with van der Waals surface area (Å²) < 4.78 is 0.853. The second-order valence-electron chi connectivity index (χ2n) is 6.00.